The van der Waals surface area contributed by atoms with Crippen molar-refractivity contribution in [3.63, 3.8) is 0 Å². The lowest BCUT2D eigenvalue weighted by Crippen LogP contribution is -2.42. The number of carbonyl (C=O) groups is 1. The maximum absolute atomic E-state index is 12.7. The number of piperidine rings is 1. The maximum Gasteiger partial charge on any atom is 0.326 e. The number of aliphatic hydroxyl groups excluding tert-OH is 1. The molecule has 0 radical (unpaired) electrons. The van der Waals surface area contributed by atoms with Crippen LogP contribution in [0.1, 0.15) is 42.6 Å². The maximum atomic E-state index is 12.7. The van der Waals surface area contributed by atoms with Crippen LogP contribution in [0.3, 0.4) is 0 Å². The number of rotatable bonds is 6. The number of β-amino-alcohol motifs (C(OH)–C–C–N with tert-alkyl or cyclic N) is 1. The number of aromatic amines is 1. The van der Waals surface area contributed by atoms with E-state index in [0.717, 1.165) is 63.0 Å². The first-order chi connectivity index (χ1) is 19.8. The van der Waals surface area contributed by atoms with Gasteiger partial charge in [0.25, 0.3) is 0 Å². The number of halogens is 1. The minimum Gasteiger partial charge on any atom is -0.390 e. The number of H-pyrrole nitrogens is 1. The van der Waals surface area contributed by atoms with Crippen molar-refractivity contribution in [3.05, 3.63) is 73.3 Å². The Morgan fingerprint density at radius 3 is 2.63 bits per heavy atom. The van der Waals surface area contributed by atoms with Gasteiger partial charge < -0.3 is 19.9 Å². The van der Waals surface area contributed by atoms with Crippen molar-refractivity contribution in [1.82, 2.24) is 29.1 Å². The minimum atomic E-state index is -0.611. The molecule has 6 rings (SSSR count). The molecule has 11 heteroatoms. The second-order valence-electron chi connectivity index (χ2n) is 11.0. The zero-order chi connectivity index (χ0) is 28.7. The third-order valence-electron chi connectivity index (χ3n) is 8.32. The van der Waals surface area contributed by atoms with E-state index >= 15 is 0 Å². The van der Waals surface area contributed by atoms with Gasteiger partial charge in [0.15, 0.2) is 0 Å². The van der Waals surface area contributed by atoms with Gasteiger partial charge >= 0.3 is 5.69 Å². The molecule has 2 aliphatic rings. The summed E-state index contributed by atoms with van der Waals surface area (Å²) in [6, 6.07) is 15.7. The van der Waals surface area contributed by atoms with Crippen molar-refractivity contribution in [2.75, 3.05) is 26.2 Å². The fourth-order valence-corrected chi connectivity index (χ4v) is 6.58. The van der Waals surface area contributed by atoms with E-state index in [2.05, 4.69) is 62.8 Å². The van der Waals surface area contributed by atoms with Crippen LogP contribution >= 0.6 is 22.6 Å². The van der Waals surface area contributed by atoms with Crippen molar-refractivity contribution >= 4 is 39.5 Å². The Balaban J connectivity index is 1.15. The Morgan fingerprint density at radius 2 is 1.93 bits per heavy atom. The van der Waals surface area contributed by atoms with E-state index in [9.17, 15) is 20.0 Å². The Labute approximate surface area is 251 Å². The summed E-state index contributed by atoms with van der Waals surface area (Å²) in [5, 5.41) is 25.4. The van der Waals surface area contributed by atoms with Gasteiger partial charge in [-0.05, 0) is 65.8 Å². The fraction of sp³-hybridized carbons (Fsp3) is 0.400. The lowest BCUT2D eigenvalue weighted by atomic mass is 10.0. The molecule has 1 amide bonds. The second-order valence-corrected chi connectivity index (χ2v) is 12.2. The highest BCUT2D eigenvalue weighted by Gasteiger charge is 2.29. The summed E-state index contributed by atoms with van der Waals surface area (Å²) in [5.41, 5.74) is 5.92. The number of hydrogen-bond donors (Lipinski definition) is 2. The fourth-order valence-electron chi connectivity index (χ4n) is 6.22. The lowest BCUT2D eigenvalue weighted by Gasteiger charge is -2.33. The molecule has 10 nitrogen and oxygen atoms in total. The standard InChI is InChI=1S/C30H32IN7O3/c1-19(39)36-13-10-27-25(18-36)29(21-3-5-22(31)6-4-21)34-37(27)17-24(40)16-35-11-8-23(9-12-35)38-28-14-20(15-32)2-7-26(28)33-30(38)41/h2-7,14,23-24,40H,8-13,16-18H2,1H3,(H,33,41). The molecule has 1 fully saturated rings. The molecule has 0 aliphatic carbocycles. The number of likely N-dealkylation sites (tertiary alicyclic amines) is 1. The normalized spacial score (nSPS) is 17.0. The number of aromatic nitrogens is 4. The number of nitriles is 1. The molecule has 4 heterocycles. The molecule has 1 unspecified atom stereocenters. The molecule has 212 valence electrons. The largest absolute Gasteiger partial charge is 0.390 e. The summed E-state index contributed by atoms with van der Waals surface area (Å²) < 4.78 is 4.87. The van der Waals surface area contributed by atoms with Gasteiger partial charge in [-0.3, -0.25) is 14.0 Å². The molecule has 0 spiro atoms. The molecule has 2 aliphatic heterocycles. The van der Waals surface area contributed by atoms with Crippen LogP contribution in [0.2, 0.25) is 0 Å². The smallest absolute Gasteiger partial charge is 0.326 e. The average molecular weight is 666 g/mol. The van der Waals surface area contributed by atoms with E-state index in [-0.39, 0.29) is 17.6 Å². The SMILES string of the molecule is CC(=O)N1CCc2c(c(-c3ccc(I)cc3)nn2CC(O)CN2CCC(n3c(=O)[nH]c4ccc(C#N)cc43)CC2)C1. The third kappa shape index (κ3) is 5.56. The van der Waals surface area contributed by atoms with Crippen LogP contribution < -0.4 is 5.69 Å². The summed E-state index contributed by atoms with van der Waals surface area (Å²) >= 11 is 2.28. The molecule has 41 heavy (non-hydrogen) atoms. The third-order valence-corrected chi connectivity index (χ3v) is 9.04. The number of hydrogen-bond acceptors (Lipinski definition) is 6. The van der Waals surface area contributed by atoms with Gasteiger partial charge in [-0.15, -0.1) is 0 Å². The molecule has 2 N–H and O–H groups in total. The lowest BCUT2D eigenvalue weighted by molar-refractivity contribution is -0.129. The van der Waals surface area contributed by atoms with Crippen molar-refractivity contribution in [2.24, 2.45) is 0 Å². The van der Waals surface area contributed by atoms with Crippen molar-refractivity contribution in [2.45, 2.75) is 51.4 Å². The summed E-state index contributed by atoms with van der Waals surface area (Å²) in [4.78, 5) is 31.9. The van der Waals surface area contributed by atoms with Crippen LogP contribution in [0, 0.1) is 14.9 Å². The summed E-state index contributed by atoms with van der Waals surface area (Å²) in [6.45, 7) is 5.19. The number of benzene rings is 2. The Hall–Kier alpha value is -3.47. The Morgan fingerprint density at radius 1 is 1.17 bits per heavy atom. The molecule has 1 saturated heterocycles. The number of imidazole rings is 1. The monoisotopic (exact) mass is 665 g/mol. The molecular formula is C30H32IN7O3. The number of nitrogens with zero attached hydrogens (tertiary/aromatic N) is 6. The van der Waals surface area contributed by atoms with E-state index < -0.39 is 6.10 Å². The highest BCUT2D eigenvalue weighted by atomic mass is 127. The van der Waals surface area contributed by atoms with Crippen molar-refractivity contribution in [3.8, 4) is 17.3 Å². The van der Waals surface area contributed by atoms with Crippen LogP contribution in [0.5, 0.6) is 0 Å². The summed E-state index contributed by atoms with van der Waals surface area (Å²) in [6.07, 6.45) is 1.66. The van der Waals surface area contributed by atoms with E-state index in [4.69, 9.17) is 5.10 Å². The first-order valence-electron chi connectivity index (χ1n) is 14.0. The molecular weight excluding hydrogens is 633 g/mol. The second kappa shape index (κ2) is 11.4. The number of amides is 1. The van der Waals surface area contributed by atoms with E-state index in [0.29, 0.717) is 38.2 Å². The van der Waals surface area contributed by atoms with Gasteiger partial charge in [0.2, 0.25) is 5.91 Å². The highest BCUT2D eigenvalue weighted by Crippen LogP contribution is 2.31. The van der Waals surface area contributed by atoms with Crippen LogP contribution in [-0.2, 0) is 24.3 Å². The zero-order valence-electron chi connectivity index (χ0n) is 22.9. The predicted octanol–water partition coefficient (Wildman–Crippen LogP) is 3.27. The van der Waals surface area contributed by atoms with Crippen LogP contribution in [-0.4, -0.2) is 72.4 Å². The topological polar surface area (TPSA) is 123 Å². The van der Waals surface area contributed by atoms with E-state index in [1.807, 2.05) is 9.58 Å². The Kier molecular flexibility index (Phi) is 7.72. The predicted molar refractivity (Wildman–Crippen MR) is 163 cm³/mol. The van der Waals surface area contributed by atoms with Gasteiger partial charge in [-0.25, -0.2) is 4.79 Å². The molecule has 0 bridgehead atoms. The zero-order valence-corrected chi connectivity index (χ0v) is 25.0. The molecule has 2 aromatic carbocycles. The van der Waals surface area contributed by atoms with Crippen LogP contribution in [0.4, 0.5) is 0 Å². The van der Waals surface area contributed by atoms with Crippen LogP contribution in [0.15, 0.2) is 47.3 Å². The Bertz CT molecular complexity index is 1690. The van der Waals surface area contributed by atoms with Gasteiger partial charge in [0.05, 0.1) is 41.0 Å². The van der Waals surface area contributed by atoms with Gasteiger partial charge in [-0.2, -0.15) is 10.4 Å². The van der Waals surface area contributed by atoms with E-state index in [1.54, 1.807) is 29.7 Å². The average Bonchev–Trinajstić information content (AvgIpc) is 3.49. The minimum absolute atomic E-state index is 0.0393. The van der Waals surface area contributed by atoms with Gasteiger partial charge in [-0.1, -0.05) is 12.1 Å². The number of carbonyl (C=O) groups excluding carboxylic acids is 1. The van der Waals surface area contributed by atoms with Crippen LogP contribution in [0.25, 0.3) is 22.3 Å². The first-order valence-corrected chi connectivity index (χ1v) is 15.0. The van der Waals surface area contributed by atoms with Crippen molar-refractivity contribution < 1.29 is 9.90 Å². The quantitative estimate of drug-likeness (QED) is 0.305. The van der Waals surface area contributed by atoms with Gasteiger partial charge in [0, 0.05) is 72.5 Å². The number of aliphatic hydroxyl groups is 1. The summed E-state index contributed by atoms with van der Waals surface area (Å²) in [5.74, 6) is 0.0563. The van der Waals surface area contributed by atoms with E-state index in [1.165, 1.54) is 0 Å². The molecule has 2 aromatic heterocycles. The van der Waals surface area contributed by atoms with Crippen molar-refractivity contribution in [1.29, 1.82) is 5.26 Å². The molecule has 4 aromatic rings. The molecule has 1 atom stereocenters. The first kappa shape index (κ1) is 27.7. The molecule has 0 saturated carbocycles. The summed E-state index contributed by atoms with van der Waals surface area (Å²) in [7, 11) is 0. The van der Waals surface area contributed by atoms with Gasteiger partial charge in [0.1, 0.15) is 0 Å². The number of fused-ring (bicyclic) bond motifs is 2. The number of nitrogens with one attached hydrogen (secondary N) is 1. The highest BCUT2D eigenvalue weighted by molar-refractivity contribution is 14.1.